The molecule has 2 aromatic carbocycles. The number of thiophene rings is 1. The summed E-state index contributed by atoms with van der Waals surface area (Å²) in [5, 5.41) is 14.0. The van der Waals surface area contributed by atoms with Gasteiger partial charge in [-0.1, -0.05) is 24.3 Å². The molecule has 1 heterocycles. The smallest absolute Gasteiger partial charge is 0.339 e. The van der Waals surface area contributed by atoms with Crippen molar-refractivity contribution in [3.63, 3.8) is 0 Å². The molecule has 31 heavy (non-hydrogen) atoms. The number of aliphatic imine (C=N–C) groups is 1. The van der Waals surface area contributed by atoms with Gasteiger partial charge in [0, 0.05) is 29.1 Å². The van der Waals surface area contributed by atoms with Gasteiger partial charge in [-0.05, 0) is 24.6 Å². The van der Waals surface area contributed by atoms with Crippen molar-refractivity contribution in [3.8, 4) is 11.1 Å². The fourth-order valence-electron chi connectivity index (χ4n) is 2.85. The highest BCUT2D eigenvalue weighted by Crippen LogP contribution is 2.37. The highest BCUT2D eigenvalue weighted by Gasteiger charge is 2.23. The molecular weight excluding hydrogens is 424 g/mol. The van der Waals surface area contributed by atoms with E-state index in [0.717, 1.165) is 11.3 Å². The number of rotatable bonds is 8. The van der Waals surface area contributed by atoms with Crippen molar-refractivity contribution in [3.05, 3.63) is 64.5 Å². The molecule has 0 aliphatic rings. The summed E-state index contributed by atoms with van der Waals surface area (Å²) in [4.78, 5) is 28.1. The minimum atomic E-state index is -1.31. The van der Waals surface area contributed by atoms with Gasteiger partial charge in [0.1, 0.15) is 10.6 Å². The van der Waals surface area contributed by atoms with Crippen LogP contribution in [-0.2, 0) is 4.79 Å². The lowest BCUT2D eigenvalue weighted by Gasteiger charge is -2.08. The zero-order valence-corrected chi connectivity index (χ0v) is 17.3. The van der Waals surface area contributed by atoms with Gasteiger partial charge in [0.2, 0.25) is 0 Å². The Morgan fingerprint density at radius 1 is 1.16 bits per heavy atom. The summed E-state index contributed by atoms with van der Waals surface area (Å²) in [7, 11) is 0. The Morgan fingerprint density at radius 3 is 2.61 bits per heavy atom. The first-order valence-corrected chi connectivity index (χ1v) is 10.1. The van der Waals surface area contributed by atoms with Gasteiger partial charge in [-0.15, -0.1) is 11.3 Å². The third kappa shape index (κ3) is 4.95. The highest BCUT2D eigenvalue weighted by atomic mass is 32.1. The summed E-state index contributed by atoms with van der Waals surface area (Å²) in [5.74, 6) is -3.69. The SMILES string of the molecule is Cc1ccc(-c2csc(NCC(=O)CC=Nc3ccccc3N)c2C(=O)O)c(F)c1F. The number of hydrogen-bond acceptors (Lipinski definition) is 6. The topological polar surface area (TPSA) is 105 Å². The number of para-hydroxylation sites is 2. The number of aryl methyl sites for hydroxylation is 1. The van der Waals surface area contributed by atoms with Crippen molar-refractivity contribution < 1.29 is 23.5 Å². The second-order valence-electron chi connectivity index (χ2n) is 6.68. The number of carboxylic acid groups (broad SMARTS) is 1. The summed E-state index contributed by atoms with van der Waals surface area (Å²) in [6.07, 6.45) is 1.44. The Bertz CT molecular complexity index is 1170. The summed E-state index contributed by atoms with van der Waals surface area (Å²) >= 11 is 0.999. The van der Waals surface area contributed by atoms with Gasteiger partial charge in [-0.25, -0.2) is 13.6 Å². The summed E-state index contributed by atoms with van der Waals surface area (Å²) in [6, 6.07) is 9.68. The first kappa shape index (κ1) is 22.1. The molecular formula is C22H19F2N3O3S. The molecule has 0 fully saturated rings. The predicted octanol–water partition coefficient (Wildman–Crippen LogP) is 5.06. The van der Waals surface area contributed by atoms with E-state index in [2.05, 4.69) is 10.3 Å². The van der Waals surface area contributed by atoms with Crippen LogP contribution in [0.2, 0.25) is 0 Å². The van der Waals surface area contributed by atoms with Gasteiger partial charge < -0.3 is 16.2 Å². The molecule has 0 unspecified atom stereocenters. The Hall–Kier alpha value is -3.59. The fourth-order valence-corrected chi connectivity index (χ4v) is 3.81. The van der Waals surface area contributed by atoms with Crippen LogP contribution in [0, 0.1) is 18.6 Å². The monoisotopic (exact) mass is 443 g/mol. The molecule has 1 aromatic heterocycles. The molecule has 160 valence electrons. The highest BCUT2D eigenvalue weighted by molar-refractivity contribution is 7.15. The standard InChI is InChI=1S/C22H19F2N3O3S/c1-12-6-7-14(20(24)19(12)23)15-11-31-21(18(15)22(29)30)27-10-13(28)8-9-26-17-5-3-2-4-16(17)25/h2-7,9,11,27H,8,10,25H2,1H3,(H,29,30). The largest absolute Gasteiger partial charge is 0.478 e. The number of aromatic carboxylic acids is 1. The fraction of sp³-hybridized carbons (Fsp3) is 0.136. The number of ketones is 1. The van der Waals surface area contributed by atoms with Crippen LogP contribution in [0.3, 0.4) is 0 Å². The van der Waals surface area contributed by atoms with Crippen molar-refractivity contribution in [2.45, 2.75) is 13.3 Å². The molecule has 0 aliphatic heterocycles. The van der Waals surface area contributed by atoms with Crippen molar-refractivity contribution in [1.29, 1.82) is 0 Å². The zero-order chi connectivity index (χ0) is 22.5. The summed E-state index contributed by atoms with van der Waals surface area (Å²) < 4.78 is 28.3. The number of nitrogens with two attached hydrogens (primary N) is 1. The van der Waals surface area contributed by atoms with Crippen LogP contribution < -0.4 is 11.1 Å². The van der Waals surface area contributed by atoms with Gasteiger partial charge in [-0.3, -0.25) is 9.79 Å². The molecule has 0 spiro atoms. The van der Waals surface area contributed by atoms with E-state index in [4.69, 9.17) is 5.73 Å². The molecule has 0 bridgehead atoms. The van der Waals surface area contributed by atoms with Crippen LogP contribution in [0.25, 0.3) is 11.1 Å². The molecule has 3 aromatic rings. The molecule has 3 rings (SSSR count). The Labute approximate surface area is 181 Å². The molecule has 0 saturated heterocycles. The Kier molecular flexibility index (Phi) is 6.76. The molecule has 0 saturated carbocycles. The van der Waals surface area contributed by atoms with Crippen LogP contribution in [0.4, 0.5) is 25.2 Å². The summed E-state index contributed by atoms with van der Waals surface area (Å²) in [6.45, 7) is 1.27. The van der Waals surface area contributed by atoms with Gasteiger partial charge in [0.25, 0.3) is 0 Å². The van der Waals surface area contributed by atoms with Crippen LogP contribution in [0.15, 0.2) is 46.8 Å². The molecule has 6 nitrogen and oxygen atoms in total. The van der Waals surface area contributed by atoms with E-state index in [1.807, 2.05) is 0 Å². The number of carbonyl (C=O) groups is 2. The van der Waals surface area contributed by atoms with Gasteiger partial charge in [0.15, 0.2) is 17.4 Å². The average molecular weight is 443 g/mol. The van der Waals surface area contributed by atoms with Crippen LogP contribution in [0.1, 0.15) is 22.3 Å². The van der Waals surface area contributed by atoms with Crippen molar-refractivity contribution in [2.75, 3.05) is 17.6 Å². The van der Waals surface area contributed by atoms with Crippen molar-refractivity contribution in [2.24, 2.45) is 4.99 Å². The van der Waals surface area contributed by atoms with E-state index in [-0.39, 0.29) is 46.0 Å². The average Bonchev–Trinajstić information content (AvgIpc) is 3.16. The zero-order valence-electron chi connectivity index (χ0n) is 16.5. The minimum Gasteiger partial charge on any atom is -0.478 e. The van der Waals surface area contributed by atoms with E-state index in [0.29, 0.717) is 11.4 Å². The number of Topliss-reactive ketones (excluding diaryl/α,β-unsaturated/α-hetero) is 1. The molecule has 0 aliphatic carbocycles. The third-order valence-electron chi connectivity index (χ3n) is 4.50. The number of carboxylic acids is 1. The second kappa shape index (κ2) is 9.48. The Balaban J connectivity index is 1.73. The van der Waals surface area contributed by atoms with Gasteiger partial charge in [-0.2, -0.15) is 0 Å². The lowest BCUT2D eigenvalue weighted by Crippen LogP contribution is -2.15. The number of carbonyl (C=O) groups excluding carboxylic acids is 1. The minimum absolute atomic E-state index is 0.0137. The molecule has 0 atom stereocenters. The normalized spacial score (nSPS) is 11.1. The number of nitrogen functional groups attached to an aromatic ring is 1. The number of hydrogen-bond donors (Lipinski definition) is 3. The maximum Gasteiger partial charge on any atom is 0.339 e. The van der Waals surface area contributed by atoms with E-state index >= 15 is 0 Å². The molecule has 4 N–H and O–H groups in total. The number of halogens is 2. The third-order valence-corrected chi connectivity index (χ3v) is 5.44. The first-order chi connectivity index (χ1) is 14.8. The number of nitrogens with one attached hydrogen (secondary N) is 1. The number of anilines is 2. The molecule has 0 amide bonds. The second-order valence-corrected chi connectivity index (χ2v) is 7.56. The Morgan fingerprint density at radius 2 is 1.90 bits per heavy atom. The van der Waals surface area contributed by atoms with E-state index in [9.17, 15) is 23.5 Å². The molecule has 0 radical (unpaired) electrons. The van der Waals surface area contributed by atoms with E-state index < -0.39 is 17.6 Å². The lowest BCUT2D eigenvalue weighted by molar-refractivity contribution is -0.116. The summed E-state index contributed by atoms with van der Waals surface area (Å²) in [5.41, 5.74) is 6.62. The quantitative estimate of drug-likeness (QED) is 0.334. The van der Waals surface area contributed by atoms with Gasteiger partial charge in [0.05, 0.1) is 17.9 Å². The first-order valence-electron chi connectivity index (χ1n) is 9.22. The lowest BCUT2D eigenvalue weighted by atomic mass is 10.0. The van der Waals surface area contributed by atoms with E-state index in [1.54, 1.807) is 24.3 Å². The van der Waals surface area contributed by atoms with Crippen molar-refractivity contribution >= 4 is 45.7 Å². The predicted molar refractivity (Wildman–Crippen MR) is 118 cm³/mol. The van der Waals surface area contributed by atoms with Crippen LogP contribution >= 0.6 is 11.3 Å². The van der Waals surface area contributed by atoms with Crippen LogP contribution in [0.5, 0.6) is 0 Å². The molecule has 9 heteroatoms. The van der Waals surface area contributed by atoms with Gasteiger partial charge >= 0.3 is 5.97 Å². The van der Waals surface area contributed by atoms with E-state index in [1.165, 1.54) is 30.7 Å². The number of nitrogens with zero attached hydrogens (tertiary/aromatic N) is 1. The number of benzene rings is 2. The maximum absolute atomic E-state index is 14.4. The maximum atomic E-state index is 14.4. The van der Waals surface area contributed by atoms with Crippen molar-refractivity contribution in [1.82, 2.24) is 0 Å². The van der Waals surface area contributed by atoms with Crippen LogP contribution in [-0.4, -0.2) is 29.6 Å².